The minimum atomic E-state index is -4.38. The number of carbonyl (C=O) groups excluding carboxylic acids is 2. The third-order valence-electron chi connectivity index (χ3n) is 16.2. The summed E-state index contributed by atoms with van der Waals surface area (Å²) in [7, 11) is -4.38. The van der Waals surface area contributed by atoms with Gasteiger partial charge in [-0.2, -0.15) is 0 Å². The molecule has 0 radical (unpaired) electrons. The van der Waals surface area contributed by atoms with Gasteiger partial charge in [-0.05, 0) is 38.5 Å². The third-order valence-corrected chi connectivity index (χ3v) is 17.1. The molecule has 0 bridgehead atoms. The van der Waals surface area contributed by atoms with Crippen LogP contribution in [0.2, 0.25) is 0 Å². The van der Waals surface area contributed by atoms with Crippen molar-refractivity contribution in [3.63, 3.8) is 0 Å². The molecule has 3 N–H and O–H groups in total. The molecule has 0 aliphatic rings. The third kappa shape index (κ3) is 65.8. The number of phosphoric acid groups is 1. The molecule has 470 valence electrons. The number of nitrogens with two attached hydrogens (primary N) is 1. The van der Waals surface area contributed by atoms with Gasteiger partial charge in [0.25, 0.3) is 0 Å². The molecule has 0 aromatic rings. The van der Waals surface area contributed by atoms with Crippen LogP contribution in [-0.2, 0) is 32.7 Å². The van der Waals surface area contributed by atoms with E-state index in [0.717, 1.165) is 32.1 Å². The number of ether oxygens (including phenoxy) is 2. The second-order valence-electron chi connectivity index (χ2n) is 24.1. The van der Waals surface area contributed by atoms with E-state index < -0.39 is 26.5 Å². The summed E-state index contributed by atoms with van der Waals surface area (Å²) in [5.41, 5.74) is 5.40. The second-order valence-corrected chi connectivity index (χ2v) is 25.6. The van der Waals surface area contributed by atoms with Crippen molar-refractivity contribution in [2.75, 3.05) is 26.4 Å². The van der Waals surface area contributed by atoms with Gasteiger partial charge in [0, 0.05) is 19.4 Å². The average molecular weight is 1140 g/mol. The lowest BCUT2D eigenvalue weighted by molar-refractivity contribution is -0.161. The van der Waals surface area contributed by atoms with Crippen molar-refractivity contribution >= 4 is 19.8 Å². The Morgan fingerprint density at radius 2 is 0.620 bits per heavy atom. The van der Waals surface area contributed by atoms with Crippen LogP contribution in [0.1, 0.15) is 386 Å². The standard InChI is InChI=1S/C69H136NO8P/c1-3-5-7-9-11-13-15-17-19-21-23-24-25-26-27-28-29-30-31-32-33-34-35-36-37-38-39-40-41-42-44-46-48-50-52-54-56-58-60-62-69(72)78-67(66-77-79(73,74)76-64-63-70)65-75-68(71)61-59-57-55-53-51-49-47-45-43-22-20-18-16-14-12-10-8-6-4-2/h21,23,67H,3-20,22,24-66,70H2,1-2H3,(H,73,74)/b23-21-. The predicted molar refractivity (Wildman–Crippen MR) is 340 cm³/mol. The summed E-state index contributed by atoms with van der Waals surface area (Å²) in [5.74, 6) is -0.801. The fraction of sp³-hybridized carbons (Fsp3) is 0.942. The number of carbonyl (C=O) groups is 2. The lowest BCUT2D eigenvalue weighted by Crippen LogP contribution is -2.29. The van der Waals surface area contributed by atoms with Gasteiger partial charge in [0.15, 0.2) is 6.10 Å². The zero-order valence-corrected chi connectivity index (χ0v) is 53.8. The van der Waals surface area contributed by atoms with Gasteiger partial charge in [-0.25, -0.2) is 4.57 Å². The largest absolute Gasteiger partial charge is 0.472 e. The Kier molecular flexibility index (Phi) is 64.9. The van der Waals surface area contributed by atoms with Crippen molar-refractivity contribution in [1.29, 1.82) is 0 Å². The summed E-state index contributed by atoms with van der Waals surface area (Å²) in [4.78, 5) is 35.3. The van der Waals surface area contributed by atoms with Crippen molar-refractivity contribution in [3.8, 4) is 0 Å². The molecule has 10 heteroatoms. The molecule has 0 saturated heterocycles. The second kappa shape index (κ2) is 65.9. The predicted octanol–water partition coefficient (Wildman–Crippen LogP) is 22.8. The smallest absolute Gasteiger partial charge is 0.462 e. The maximum absolute atomic E-state index is 12.7. The molecule has 9 nitrogen and oxygen atoms in total. The van der Waals surface area contributed by atoms with Gasteiger partial charge in [0.05, 0.1) is 13.2 Å². The molecule has 0 rings (SSSR count). The highest BCUT2D eigenvalue weighted by Crippen LogP contribution is 2.43. The van der Waals surface area contributed by atoms with E-state index in [1.165, 1.54) is 321 Å². The first-order chi connectivity index (χ1) is 38.8. The highest BCUT2D eigenvalue weighted by Gasteiger charge is 2.26. The lowest BCUT2D eigenvalue weighted by atomic mass is 10.0. The van der Waals surface area contributed by atoms with Crippen LogP contribution in [0, 0.1) is 0 Å². The molecule has 0 aliphatic heterocycles. The van der Waals surface area contributed by atoms with Crippen LogP contribution in [0.25, 0.3) is 0 Å². The minimum Gasteiger partial charge on any atom is -0.462 e. The van der Waals surface area contributed by atoms with Gasteiger partial charge in [-0.1, -0.05) is 347 Å². The van der Waals surface area contributed by atoms with Crippen LogP contribution in [0.15, 0.2) is 12.2 Å². The minimum absolute atomic E-state index is 0.0581. The van der Waals surface area contributed by atoms with Crippen LogP contribution in [0.4, 0.5) is 0 Å². The lowest BCUT2D eigenvalue weighted by Gasteiger charge is -2.19. The zero-order valence-electron chi connectivity index (χ0n) is 52.9. The number of unbranched alkanes of at least 4 members (excludes halogenated alkanes) is 53. The van der Waals surface area contributed by atoms with Crippen molar-refractivity contribution in [2.45, 2.75) is 392 Å². The summed E-state index contributed by atoms with van der Waals surface area (Å²) in [6, 6.07) is 0. The normalized spacial score (nSPS) is 12.9. The summed E-state index contributed by atoms with van der Waals surface area (Å²) in [5, 5.41) is 0. The topological polar surface area (TPSA) is 134 Å². The van der Waals surface area contributed by atoms with Crippen LogP contribution in [-0.4, -0.2) is 49.3 Å². The maximum atomic E-state index is 12.7. The summed E-state index contributed by atoms with van der Waals surface area (Å²) >= 11 is 0. The summed E-state index contributed by atoms with van der Waals surface area (Å²) < 4.78 is 33.1. The molecule has 2 unspecified atom stereocenters. The highest BCUT2D eigenvalue weighted by atomic mass is 31.2. The van der Waals surface area contributed by atoms with Crippen molar-refractivity contribution in [3.05, 3.63) is 12.2 Å². The van der Waals surface area contributed by atoms with Gasteiger partial charge < -0.3 is 20.1 Å². The van der Waals surface area contributed by atoms with Crippen LogP contribution < -0.4 is 5.73 Å². The summed E-state index contributed by atoms with van der Waals surface area (Å²) in [6.45, 7) is 3.83. The number of hydrogen-bond acceptors (Lipinski definition) is 8. The van der Waals surface area contributed by atoms with Crippen LogP contribution >= 0.6 is 7.82 Å². The van der Waals surface area contributed by atoms with Gasteiger partial charge in [0.1, 0.15) is 6.61 Å². The molecular weight excluding hydrogens is 1000 g/mol. The molecule has 0 amide bonds. The van der Waals surface area contributed by atoms with Gasteiger partial charge >= 0.3 is 19.8 Å². The number of esters is 2. The zero-order chi connectivity index (χ0) is 57.3. The molecule has 0 aromatic heterocycles. The molecular formula is C69H136NO8P. The maximum Gasteiger partial charge on any atom is 0.472 e. The van der Waals surface area contributed by atoms with Crippen molar-refractivity contribution in [2.24, 2.45) is 5.73 Å². The van der Waals surface area contributed by atoms with E-state index in [-0.39, 0.29) is 38.6 Å². The number of hydrogen-bond donors (Lipinski definition) is 2. The van der Waals surface area contributed by atoms with E-state index >= 15 is 0 Å². The van der Waals surface area contributed by atoms with E-state index in [4.69, 9.17) is 24.3 Å². The highest BCUT2D eigenvalue weighted by molar-refractivity contribution is 7.47. The molecule has 2 atom stereocenters. The number of allylic oxidation sites excluding steroid dienone is 2. The Hall–Kier alpha value is -1.25. The molecule has 0 heterocycles. The quantitative estimate of drug-likeness (QED) is 0.0264. The van der Waals surface area contributed by atoms with Crippen molar-refractivity contribution < 1.29 is 37.6 Å². The Morgan fingerprint density at radius 1 is 0.367 bits per heavy atom. The fourth-order valence-corrected chi connectivity index (χ4v) is 11.7. The number of rotatable bonds is 68. The monoisotopic (exact) mass is 1140 g/mol. The van der Waals surface area contributed by atoms with E-state index in [1.807, 2.05) is 0 Å². The Morgan fingerprint density at radius 3 is 0.899 bits per heavy atom. The van der Waals surface area contributed by atoms with Gasteiger partial charge in [-0.3, -0.25) is 18.6 Å². The molecule has 0 aromatic carbocycles. The van der Waals surface area contributed by atoms with E-state index in [1.54, 1.807) is 0 Å². The molecule has 79 heavy (non-hydrogen) atoms. The van der Waals surface area contributed by atoms with Crippen LogP contribution in [0.3, 0.4) is 0 Å². The van der Waals surface area contributed by atoms with Gasteiger partial charge in [0.2, 0.25) is 0 Å². The first kappa shape index (κ1) is 77.8. The Balaban J connectivity index is 3.73. The fourth-order valence-electron chi connectivity index (χ4n) is 10.9. The molecule has 0 fully saturated rings. The van der Waals surface area contributed by atoms with E-state index in [2.05, 4.69) is 26.0 Å². The van der Waals surface area contributed by atoms with Gasteiger partial charge in [-0.15, -0.1) is 0 Å². The van der Waals surface area contributed by atoms with E-state index in [9.17, 15) is 19.0 Å². The molecule has 0 spiro atoms. The SMILES string of the molecule is CCCCCCCCCC/C=C\CCCCCCCCCCCCCCCCCCCCCCCCCCCCCC(=O)OC(COC(=O)CCCCCCCCCCCCCCCCCCCCC)COP(=O)(O)OCCN. The molecule has 0 saturated carbocycles. The Labute approximate surface area is 491 Å². The number of phosphoric ester groups is 1. The van der Waals surface area contributed by atoms with Crippen LogP contribution in [0.5, 0.6) is 0 Å². The first-order valence-electron chi connectivity index (χ1n) is 35.2. The first-order valence-corrected chi connectivity index (χ1v) is 36.7. The summed E-state index contributed by atoms with van der Waals surface area (Å²) in [6.07, 6.45) is 79.0. The van der Waals surface area contributed by atoms with E-state index in [0.29, 0.717) is 6.42 Å². The molecule has 0 aliphatic carbocycles. The van der Waals surface area contributed by atoms with Crippen molar-refractivity contribution in [1.82, 2.24) is 0 Å². The average Bonchev–Trinajstić information content (AvgIpc) is 3.44. The Bertz CT molecular complexity index is 1300.